The number of ether oxygens (including phenoxy) is 1. The van der Waals surface area contributed by atoms with Crippen molar-refractivity contribution in [1.29, 1.82) is 5.41 Å². The van der Waals surface area contributed by atoms with E-state index in [9.17, 15) is 0 Å². The Bertz CT molecular complexity index is 563. The molecule has 3 N–H and O–H groups in total. The highest BCUT2D eigenvalue weighted by Crippen LogP contribution is 2.24. The van der Waals surface area contributed by atoms with Gasteiger partial charge in [-0.15, -0.1) is 12.4 Å². The van der Waals surface area contributed by atoms with Gasteiger partial charge in [-0.25, -0.2) is 4.98 Å². The van der Waals surface area contributed by atoms with E-state index in [1.807, 2.05) is 24.3 Å². The standard InChI is InChI=1S/C12H10BrN3O.ClH/c13-8-3-1-4-9(7-8)17-12-10(11(14)15)5-2-6-16-12;/h1-7H,(H3,14,15);1H. The van der Waals surface area contributed by atoms with Crippen LogP contribution < -0.4 is 10.5 Å². The normalized spacial score (nSPS) is 9.39. The van der Waals surface area contributed by atoms with E-state index in [2.05, 4.69) is 20.9 Å². The Labute approximate surface area is 119 Å². The highest BCUT2D eigenvalue weighted by molar-refractivity contribution is 9.10. The molecule has 94 valence electrons. The Balaban J connectivity index is 0.00000162. The summed E-state index contributed by atoms with van der Waals surface area (Å²) >= 11 is 3.36. The zero-order valence-corrected chi connectivity index (χ0v) is 11.7. The second-order valence-electron chi connectivity index (χ2n) is 3.33. The molecule has 4 nitrogen and oxygen atoms in total. The molecule has 6 heteroatoms. The molecule has 0 bridgehead atoms. The Morgan fingerprint density at radius 1 is 1.28 bits per heavy atom. The molecule has 0 radical (unpaired) electrons. The van der Waals surface area contributed by atoms with Crippen molar-refractivity contribution in [3.05, 3.63) is 52.6 Å². The molecule has 1 aromatic heterocycles. The number of amidine groups is 1. The molecule has 0 aliphatic heterocycles. The Morgan fingerprint density at radius 3 is 2.72 bits per heavy atom. The average molecular weight is 329 g/mol. The molecule has 0 saturated carbocycles. The zero-order chi connectivity index (χ0) is 12.3. The summed E-state index contributed by atoms with van der Waals surface area (Å²) in [5.41, 5.74) is 5.93. The minimum atomic E-state index is -0.0666. The van der Waals surface area contributed by atoms with Crippen LogP contribution in [-0.4, -0.2) is 10.8 Å². The van der Waals surface area contributed by atoms with Crippen molar-refractivity contribution in [1.82, 2.24) is 4.98 Å². The molecule has 2 rings (SSSR count). The Hall–Kier alpha value is -1.59. The van der Waals surface area contributed by atoms with Crippen molar-refractivity contribution >= 4 is 34.2 Å². The van der Waals surface area contributed by atoms with E-state index < -0.39 is 0 Å². The molecule has 0 aliphatic carbocycles. The first-order valence-corrected chi connectivity index (χ1v) is 5.69. The molecule has 0 atom stereocenters. The SMILES string of the molecule is Cl.N=C(N)c1cccnc1Oc1cccc(Br)c1. The van der Waals surface area contributed by atoms with Crippen LogP contribution in [0.5, 0.6) is 11.6 Å². The van der Waals surface area contributed by atoms with Gasteiger partial charge in [0.15, 0.2) is 0 Å². The molecule has 18 heavy (non-hydrogen) atoms. The predicted molar refractivity (Wildman–Crippen MR) is 76.7 cm³/mol. The van der Waals surface area contributed by atoms with Crippen LogP contribution in [0, 0.1) is 5.41 Å². The molecule has 0 fully saturated rings. The number of nitrogen functional groups attached to an aromatic ring is 1. The highest BCUT2D eigenvalue weighted by Gasteiger charge is 2.08. The van der Waals surface area contributed by atoms with Crippen LogP contribution in [-0.2, 0) is 0 Å². The van der Waals surface area contributed by atoms with Crippen molar-refractivity contribution < 1.29 is 4.74 Å². The lowest BCUT2D eigenvalue weighted by Crippen LogP contribution is -2.12. The van der Waals surface area contributed by atoms with Crippen LogP contribution in [0.4, 0.5) is 0 Å². The number of rotatable bonds is 3. The fraction of sp³-hybridized carbons (Fsp3) is 0. The van der Waals surface area contributed by atoms with Gasteiger partial charge < -0.3 is 10.5 Å². The van der Waals surface area contributed by atoms with Crippen LogP contribution in [0.3, 0.4) is 0 Å². The third-order valence-electron chi connectivity index (χ3n) is 2.07. The van der Waals surface area contributed by atoms with Crippen molar-refractivity contribution in [3.63, 3.8) is 0 Å². The summed E-state index contributed by atoms with van der Waals surface area (Å²) in [6.07, 6.45) is 1.60. The fourth-order valence-electron chi connectivity index (χ4n) is 1.32. The number of nitrogens with two attached hydrogens (primary N) is 1. The van der Waals surface area contributed by atoms with Gasteiger partial charge in [-0.3, -0.25) is 5.41 Å². The highest BCUT2D eigenvalue weighted by atomic mass is 79.9. The van der Waals surface area contributed by atoms with Crippen molar-refractivity contribution in [2.75, 3.05) is 0 Å². The molecule has 0 amide bonds. The number of aromatic nitrogens is 1. The van der Waals surface area contributed by atoms with Crippen molar-refractivity contribution in [2.24, 2.45) is 5.73 Å². The predicted octanol–water partition coefficient (Wildman–Crippen LogP) is 3.34. The topological polar surface area (TPSA) is 72.0 Å². The lowest BCUT2D eigenvalue weighted by Gasteiger charge is -2.08. The number of nitrogens with one attached hydrogen (secondary N) is 1. The quantitative estimate of drug-likeness (QED) is 0.670. The van der Waals surface area contributed by atoms with Gasteiger partial charge in [-0.05, 0) is 30.3 Å². The lowest BCUT2D eigenvalue weighted by atomic mass is 10.2. The monoisotopic (exact) mass is 327 g/mol. The van der Waals surface area contributed by atoms with Crippen molar-refractivity contribution in [3.8, 4) is 11.6 Å². The van der Waals surface area contributed by atoms with Gasteiger partial charge in [-0.1, -0.05) is 22.0 Å². The number of pyridine rings is 1. The summed E-state index contributed by atoms with van der Waals surface area (Å²) in [5.74, 6) is 0.904. The largest absolute Gasteiger partial charge is 0.438 e. The lowest BCUT2D eigenvalue weighted by molar-refractivity contribution is 0.461. The zero-order valence-electron chi connectivity index (χ0n) is 9.26. The summed E-state index contributed by atoms with van der Waals surface area (Å²) in [4.78, 5) is 4.07. The van der Waals surface area contributed by atoms with Crippen LogP contribution in [0.2, 0.25) is 0 Å². The second kappa shape index (κ2) is 6.37. The third kappa shape index (κ3) is 3.45. The van der Waals surface area contributed by atoms with Crippen LogP contribution in [0.1, 0.15) is 5.56 Å². The first-order chi connectivity index (χ1) is 8.16. The van der Waals surface area contributed by atoms with E-state index in [0.29, 0.717) is 17.2 Å². The first kappa shape index (κ1) is 14.5. The van der Waals surface area contributed by atoms with Crippen molar-refractivity contribution in [2.45, 2.75) is 0 Å². The summed E-state index contributed by atoms with van der Waals surface area (Å²) < 4.78 is 6.50. The van der Waals surface area contributed by atoms with Crippen LogP contribution >= 0.6 is 28.3 Å². The molecule has 0 aliphatic rings. The molecule has 0 spiro atoms. The van der Waals surface area contributed by atoms with Gasteiger partial charge >= 0.3 is 0 Å². The first-order valence-electron chi connectivity index (χ1n) is 4.89. The van der Waals surface area contributed by atoms with Gasteiger partial charge in [0.2, 0.25) is 5.88 Å². The number of benzene rings is 1. The van der Waals surface area contributed by atoms with E-state index in [4.69, 9.17) is 15.9 Å². The molecule has 1 heterocycles. The maximum atomic E-state index is 7.43. The van der Waals surface area contributed by atoms with Gasteiger partial charge in [0.05, 0.1) is 5.56 Å². The van der Waals surface area contributed by atoms with E-state index in [1.54, 1.807) is 18.3 Å². The van der Waals surface area contributed by atoms with Crippen LogP contribution in [0.25, 0.3) is 0 Å². The number of halogens is 2. The van der Waals surface area contributed by atoms with Gasteiger partial charge in [0, 0.05) is 10.7 Å². The maximum Gasteiger partial charge on any atom is 0.230 e. The summed E-state index contributed by atoms with van der Waals surface area (Å²) in [6.45, 7) is 0. The minimum absolute atomic E-state index is 0. The van der Waals surface area contributed by atoms with Gasteiger partial charge in [0.1, 0.15) is 11.6 Å². The van der Waals surface area contributed by atoms with Crippen LogP contribution in [0.15, 0.2) is 47.1 Å². The number of hydrogen-bond acceptors (Lipinski definition) is 3. The van der Waals surface area contributed by atoms with E-state index in [-0.39, 0.29) is 18.2 Å². The molecular weight excluding hydrogens is 318 g/mol. The molecule has 2 aromatic rings. The third-order valence-corrected chi connectivity index (χ3v) is 2.57. The van der Waals surface area contributed by atoms with E-state index >= 15 is 0 Å². The number of nitrogens with zero attached hydrogens (tertiary/aromatic N) is 1. The number of hydrogen-bond donors (Lipinski definition) is 2. The summed E-state index contributed by atoms with van der Waals surface area (Å²) in [7, 11) is 0. The Morgan fingerprint density at radius 2 is 2.06 bits per heavy atom. The van der Waals surface area contributed by atoms with Gasteiger partial charge in [0.25, 0.3) is 0 Å². The fourth-order valence-corrected chi connectivity index (χ4v) is 1.70. The summed E-state index contributed by atoms with van der Waals surface area (Å²) in [6, 6.07) is 10.8. The molecule has 1 aromatic carbocycles. The molecular formula is C12H11BrClN3O. The van der Waals surface area contributed by atoms with E-state index in [0.717, 1.165) is 4.47 Å². The van der Waals surface area contributed by atoms with Gasteiger partial charge in [-0.2, -0.15) is 0 Å². The average Bonchev–Trinajstić information content (AvgIpc) is 2.29. The van der Waals surface area contributed by atoms with E-state index in [1.165, 1.54) is 0 Å². The smallest absolute Gasteiger partial charge is 0.230 e. The molecule has 0 saturated heterocycles. The second-order valence-corrected chi connectivity index (χ2v) is 4.24. The minimum Gasteiger partial charge on any atom is -0.438 e. The Kier molecular flexibility index (Phi) is 5.12. The maximum absolute atomic E-state index is 7.43. The summed E-state index contributed by atoms with van der Waals surface area (Å²) in [5, 5.41) is 7.43. The molecule has 0 unspecified atom stereocenters.